The van der Waals surface area contributed by atoms with Crippen LogP contribution in [0, 0.1) is 0 Å². The van der Waals surface area contributed by atoms with E-state index in [1.807, 2.05) is 18.2 Å². The summed E-state index contributed by atoms with van der Waals surface area (Å²) in [6, 6.07) is 9.94. The van der Waals surface area contributed by atoms with Crippen molar-refractivity contribution in [3.05, 3.63) is 47.8 Å². The van der Waals surface area contributed by atoms with Gasteiger partial charge >= 0.3 is 0 Å². The fourth-order valence-electron chi connectivity index (χ4n) is 3.39. The summed E-state index contributed by atoms with van der Waals surface area (Å²) in [5, 5.41) is 8.21. The standard InChI is InChI=1S/C22H29N5O2/c1-14(2)18-11-16-7-8-17(12-19(16)27(18)15(3)4)22(29)23-20-9-10-26(24-20)13-21(28)25(5)6/h7-12,14-15H,13H2,1-6H3,(H,23,24,29). The lowest BCUT2D eigenvalue weighted by molar-refractivity contribution is -0.129. The quantitative estimate of drug-likeness (QED) is 0.688. The normalized spacial score (nSPS) is 11.4. The number of hydrogen-bond donors (Lipinski definition) is 1. The molecule has 0 aliphatic carbocycles. The molecule has 2 aromatic heterocycles. The molecule has 7 heteroatoms. The minimum absolute atomic E-state index is 0.0631. The number of rotatable bonds is 6. The zero-order chi connectivity index (χ0) is 21.3. The summed E-state index contributed by atoms with van der Waals surface area (Å²) in [7, 11) is 3.39. The van der Waals surface area contributed by atoms with E-state index in [9.17, 15) is 9.59 Å². The molecule has 2 amide bonds. The van der Waals surface area contributed by atoms with E-state index in [2.05, 4.69) is 48.7 Å². The Morgan fingerprint density at radius 2 is 1.83 bits per heavy atom. The van der Waals surface area contributed by atoms with Crippen LogP contribution in [0.5, 0.6) is 0 Å². The van der Waals surface area contributed by atoms with Gasteiger partial charge in [-0.15, -0.1) is 0 Å². The summed E-state index contributed by atoms with van der Waals surface area (Å²) in [5.41, 5.74) is 2.89. The zero-order valence-corrected chi connectivity index (χ0v) is 17.9. The van der Waals surface area contributed by atoms with Gasteiger partial charge in [-0.3, -0.25) is 14.3 Å². The fourth-order valence-corrected chi connectivity index (χ4v) is 3.39. The highest BCUT2D eigenvalue weighted by molar-refractivity contribution is 6.05. The third-order valence-electron chi connectivity index (χ3n) is 4.92. The van der Waals surface area contributed by atoms with Gasteiger partial charge in [-0.05, 0) is 43.4 Å². The summed E-state index contributed by atoms with van der Waals surface area (Å²) >= 11 is 0. The Balaban J connectivity index is 1.84. The maximum absolute atomic E-state index is 12.8. The topological polar surface area (TPSA) is 72.2 Å². The molecule has 0 atom stereocenters. The number of nitrogens with zero attached hydrogens (tertiary/aromatic N) is 4. The van der Waals surface area contributed by atoms with Gasteiger partial charge in [-0.1, -0.05) is 19.9 Å². The molecule has 0 aliphatic heterocycles. The van der Waals surface area contributed by atoms with Gasteiger partial charge in [-0.25, -0.2) is 0 Å². The Hall–Kier alpha value is -3.09. The summed E-state index contributed by atoms with van der Waals surface area (Å²) in [6.07, 6.45) is 1.68. The number of hydrogen-bond acceptors (Lipinski definition) is 3. The first-order valence-corrected chi connectivity index (χ1v) is 9.87. The molecule has 0 unspecified atom stereocenters. The van der Waals surface area contributed by atoms with E-state index < -0.39 is 0 Å². The van der Waals surface area contributed by atoms with Crippen molar-refractivity contribution in [3.63, 3.8) is 0 Å². The second kappa shape index (κ2) is 8.11. The van der Waals surface area contributed by atoms with E-state index in [0.29, 0.717) is 23.3 Å². The lowest BCUT2D eigenvalue weighted by Gasteiger charge is -2.17. The number of amides is 2. The summed E-state index contributed by atoms with van der Waals surface area (Å²) in [4.78, 5) is 26.1. The van der Waals surface area contributed by atoms with Crippen molar-refractivity contribution in [1.29, 1.82) is 0 Å². The highest BCUT2D eigenvalue weighted by Gasteiger charge is 2.16. The molecule has 29 heavy (non-hydrogen) atoms. The molecule has 0 saturated heterocycles. The van der Waals surface area contributed by atoms with Crippen LogP contribution in [0.25, 0.3) is 10.9 Å². The zero-order valence-electron chi connectivity index (χ0n) is 17.9. The van der Waals surface area contributed by atoms with Crippen molar-refractivity contribution < 1.29 is 9.59 Å². The molecule has 7 nitrogen and oxygen atoms in total. The number of nitrogens with one attached hydrogen (secondary N) is 1. The molecule has 1 N–H and O–H groups in total. The van der Waals surface area contributed by atoms with Crippen molar-refractivity contribution in [3.8, 4) is 0 Å². The number of benzene rings is 1. The van der Waals surface area contributed by atoms with Gasteiger partial charge in [0, 0.05) is 49.2 Å². The molecule has 0 fully saturated rings. The van der Waals surface area contributed by atoms with E-state index in [0.717, 1.165) is 10.9 Å². The Kier molecular flexibility index (Phi) is 5.77. The molecule has 154 valence electrons. The molecule has 3 rings (SSSR count). The number of anilines is 1. The minimum Gasteiger partial charge on any atom is -0.347 e. The third-order valence-corrected chi connectivity index (χ3v) is 4.92. The van der Waals surface area contributed by atoms with Crippen LogP contribution < -0.4 is 5.32 Å². The first-order valence-electron chi connectivity index (χ1n) is 9.87. The number of aromatic nitrogens is 3. The van der Waals surface area contributed by atoms with Crippen LogP contribution in [0.3, 0.4) is 0 Å². The average molecular weight is 396 g/mol. The van der Waals surface area contributed by atoms with Gasteiger partial charge in [0.05, 0.1) is 0 Å². The molecule has 0 spiro atoms. The van der Waals surface area contributed by atoms with E-state index in [-0.39, 0.29) is 18.4 Å². The third kappa shape index (κ3) is 4.34. The van der Waals surface area contributed by atoms with Crippen molar-refractivity contribution in [2.24, 2.45) is 0 Å². The molecular formula is C22H29N5O2. The van der Waals surface area contributed by atoms with Gasteiger partial charge < -0.3 is 14.8 Å². The van der Waals surface area contributed by atoms with E-state index >= 15 is 0 Å². The maximum atomic E-state index is 12.8. The van der Waals surface area contributed by atoms with Crippen LogP contribution >= 0.6 is 0 Å². The molecule has 0 aliphatic rings. The first kappa shape index (κ1) is 20.6. The number of likely N-dealkylation sites (N-methyl/N-ethyl adjacent to an activating group) is 1. The second-order valence-electron chi connectivity index (χ2n) is 8.10. The second-order valence-corrected chi connectivity index (χ2v) is 8.10. The molecule has 0 radical (unpaired) electrons. The van der Waals surface area contributed by atoms with Gasteiger partial charge in [0.15, 0.2) is 5.82 Å². The van der Waals surface area contributed by atoms with Crippen molar-refractivity contribution in [2.75, 3.05) is 19.4 Å². The smallest absolute Gasteiger partial charge is 0.256 e. The van der Waals surface area contributed by atoms with Crippen LogP contribution in [0.4, 0.5) is 5.82 Å². The van der Waals surface area contributed by atoms with Crippen LogP contribution in [0.1, 0.15) is 55.7 Å². The Morgan fingerprint density at radius 1 is 1.10 bits per heavy atom. The average Bonchev–Trinajstić information content (AvgIpc) is 3.24. The van der Waals surface area contributed by atoms with Crippen LogP contribution in [0.15, 0.2) is 36.5 Å². The van der Waals surface area contributed by atoms with Crippen LogP contribution in [-0.4, -0.2) is 45.2 Å². The van der Waals surface area contributed by atoms with Crippen molar-refractivity contribution in [2.45, 2.75) is 46.2 Å². The molecule has 2 heterocycles. The largest absolute Gasteiger partial charge is 0.347 e. The summed E-state index contributed by atoms with van der Waals surface area (Å²) in [6.45, 7) is 8.80. The van der Waals surface area contributed by atoms with E-state index in [1.54, 1.807) is 26.4 Å². The maximum Gasteiger partial charge on any atom is 0.256 e. The summed E-state index contributed by atoms with van der Waals surface area (Å²) in [5.74, 6) is 0.533. The van der Waals surface area contributed by atoms with Crippen molar-refractivity contribution >= 4 is 28.5 Å². The van der Waals surface area contributed by atoms with Gasteiger partial charge in [-0.2, -0.15) is 5.10 Å². The lowest BCUT2D eigenvalue weighted by Crippen LogP contribution is -2.26. The molecule has 3 aromatic rings. The Bertz CT molecular complexity index is 1040. The van der Waals surface area contributed by atoms with Crippen molar-refractivity contribution in [1.82, 2.24) is 19.2 Å². The molecule has 0 bridgehead atoms. The number of carbonyl (C=O) groups excluding carboxylic acids is 2. The Morgan fingerprint density at radius 3 is 2.45 bits per heavy atom. The highest BCUT2D eigenvalue weighted by Crippen LogP contribution is 2.29. The highest BCUT2D eigenvalue weighted by atomic mass is 16.2. The number of carbonyl (C=O) groups is 2. The molecule has 0 saturated carbocycles. The predicted octanol–water partition coefficient (Wildman–Crippen LogP) is 3.88. The lowest BCUT2D eigenvalue weighted by atomic mass is 10.1. The molecule has 1 aromatic carbocycles. The molecular weight excluding hydrogens is 366 g/mol. The van der Waals surface area contributed by atoms with Gasteiger partial charge in [0.1, 0.15) is 6.54 Å². The number of fused-ring (bicyclic) bond motifs is 1. The van der Waals surface area contributed by atoms with Crippen LogP contribution in [-0.2, 0) is 11.3 Å². The van der Waals surface area contributed by atoms with Gasteiger partial charge in [0.2, 0.25) is 5.91 Å². The van der Waals surface area contributed by atoms with E-state index in [1.165, 1.54) is 15.3 Å². The first-order chi connectivity index (χ1) is 13.7. The van der Waals surface area contributed by atoms with Gasteiger partial charge in [0.25, 0.3) is 5.91 Å². The van der Waals surface area contributed by atoms with Crippen LogP contribution in [0.2, 0.25) is 0 Å². The fraction of sp³-hybridized carbons (Fsp3) is 0.409. The summed E-state index contributed by atoms with van der Waals surface area (Å²) < 4.78 is 3.80. The monoisotopic (exact) mass is 395 g/mol. The minimum atomic E-state index is -0.223. The predicted molar refractivity (Wildman–Crippen MR) is 115 cm³/mol. The van der Waals surface area contributed by atoms with E-state index in [4.69, 9.17) is 0 Å². The Labute approximate surface area is 171 Å². The SMILES string of the molecule is CC(C)c1cc2ccc(C(=O)Nc3ccn(CC(=O)N(C)C)n3)cc2n1C(C)C.